The fourth-order valence-corrected chi connectivity index (χ4v) is 3.12. The molecule has 94 valence electrons. The zero-order chi connectivity index (χ0) is 13.1. The maximum Gasteiger partial charge on any atom is 0.0484 e. The molecule has 1 nitrogen and oxygen atoms in total. The molecule has 0 aliphatic carbocycles. The summed E-state index contributed by atoms with van der Waals surface area (Å²) in [5, 5.41) is 1.11. The number of H-pyrrole nitrogens is 1. The Morgan fingerprint density at radius 1 is 1.00 bits per heavy atom. The standard InChI is InChI=1S/C16H13NS2/c18-16-8-9-17-15-10-13(6-7-14(15)16)19-11-12-4-2-1-3-5-12/h1-10H,11H2,(H,17,18). The normalized spacial score (nSPS) is 10.7. The first-order chi connectivity index (χ1) is 9.33. The largest absolute Gasteiger partial charge is 0.361 e. The van der Waals surface area contributed by atoms with Crippen LogP contribution in [0.4, 0.5) is 0 Å². The molecule has 2 aromatic carbocycles. The number of rotatable bonds is 3. The van der Waals surface area contributed by atoms with Gasteiger partial charge in [0.1, 0.15) is 0 Å². The molecule has 0 bridgehead atoms. The van der Waals surface area contributed by atoms with Crippen LogP contribution in [0.25, 0.3) is 10.9 Å². The van der Waals surface area contributed by atoms with Gasteiger partial charge in [0.25, 0.3) is 0 Å². The van der Waals surface area contributed by atoms with Gasteiger partial charge in [0, 0.05) is 32.3 Å². The Bertz CT molecular complexity index is 747. The van der Waals surface area contributed by atoms with Crippen molar-refractivity contribution in [3.63, 3.8) is 0 Å². The van der Waals surface area contributed by atoms with Gasteiger partial charge in [-0.05, 0) is 23.8 Å². The molecule has 0 aliphatic rings. The molecular weight excluding hydrogens is 270 g/mol. The van der Waals surface area contributed by atoms with Gasteiger partial charge in [0.15, 0.2) is 0 Å². The second-order valence-corrected chi connectivity index (χ2v) is 5.81. The summed E-state index contributed by atoms with van der Waals surface area (Å²) in [4.78, 5) is 4.51. The Labute approximate surface area is 121 Å². The van der Waals surface area contributed by atoms with Crippen LogP contribution < -0.4 is 0 Å². The van der Waals surface area contributed by atoms with Crippen LogP contribution in [0.15, 0.2) is 65.7 Å². The Hall–Kier alpha value is -1.58. The Kier molecular flexibility index (Phi) is 3.67. The SMILES string of the molecule is S=c1cc[nH]c2cc(SCc3ccccc3)ccc12. The maximum absolute atomic E-state index is 5.31. The van der Waals surface area contributed by atoms with Gasteiger partial charge in [-0.25, -0.2) is 0 Å². The predicted octanol–water partition coefficient (Wildman–Crippen LogP) is 5.19. The van der Waals surface area contributed by atoms with Gasteiger partial charge in [0.05, 0.1) is 0 Å². The Morgan fingerprint density at radius 2 is 1.84 bits per heavy atom. The van der Waals surface area contributed by atoms with Gasteiger partial charge in [0.2, 0.25) is 0 Å². The minimum absolute atomic E-state index is 0.897. The topological polar surface area (TPSA) is 15.8 Å². The highest BCUT2D eigenvalue weighted by Crippen LogP contribution is 2.26. The van der Waals surface area contributed by atoms with Crippen molar-refractivity contribution in [2.75, 3.05) is 0 Å². The highest BCUT2D eigenvalue weighted by molar-refractivity contribution is 7.98. The van der Waals surface area contributed by atoms with Crippen molar-refractivity contribution in [1.82, 2.24) is 4.98 Å². The smallest absolute Gasteiger partial charge is 0.0484 e. The van der Waals surface area contributed by atoms with Crippen molar-refractivity contribution in [1.29, 1.82) is 0 Å². The molecule has 0 unspecified atom stereocenters. The molecule has 0 amide bonds. The van der Waals surface area contributed by atoms with Crippen molar-refractivity contribution in [3.8, 4) is 0 Å². The van der Waals surface area contributed by atoms with Crippen molar-refractivity contribution in [2.45, 2.75) is 10.6 Å². The summed E-state index contributed by atoms with van der Waals surface area (Å²) >= 11 is 7.15. The summed E-state index contributed by atoms with van der Waals surface area (Å²) in [5.41, 5.74) is 2.44. The summed E-state index contributed by atoms with van der Waals surface area (Å²) in [6.07, 6.45) is 1.90. The second-order valence-electron chi connectivity index (χ2n) is 4.32. The van der Waals surface area contributed by atoms with Gasteiger partial charge in [-0.2, -0.15) is 0 Å². The first-order valence-corrected chi connectivity index (χ1v) is 7.50. The lowest BCUT2D eigenvalue weighted by Gasteiger charge is -2.04. The molecule has 0 saturated carbocycles. The Morgan fingerprint density at radius 3 is 2.68 bits per heavy atom. The van der Waals surface area contributed by atoms with E-state index in [0.717, 1.165) is 21.2 Å². The average molecular weight is 283 g/mol. The molecule has 1 N–H and O–H groups in total. The van der Waals surface area contributed by atoms with E-state index in [-0.39, 0.29) is 0 Å². The molecule has 0 saturated heterocycles. The van der Waals surface area contributed by atoms with Gasteiger partial charge in [-0.1, -0.05) is 48.6 Å². The molecule has 1 aromatic heterocycles. The van der Waals surface area contributed by atoms with Crippen LogP contribution in [-0.2, 0) is 5.75 Å². The quantitative estimate of drug-likeness (QED) is 0.526. The number of aromatic nitrogens is 1. The number of nitrogens with one attached hydrogen (secondary N) is 1. The van der Waals surface area contributed by atoms with Gasteiger partial charge in [-0.3, -0.25) is 0 Å². The zero-order valence-electron chi connectivity index (χ0n) is 10.3. The molecule has 3 heteroatoms. The summed E-state index contributed by atoms with van der Waals surface area (Å²) < 4.78 is 0.897. The number of thioether (sulfide) groups is 1. The highest BCUT2D eigenvalue weighted by atomic mass is 32.2. The molecule has 3 rings (SSSR count). The number of hydrogen-bond acceptors (Lipinski definition) is 2. The van der Waals surface area contributed by atoms with E-state index < -0.39 is 0 Å². The van der Waals surface area contributed by atoms with E-state index in [1.807, 2.05) is 30.1 Å². The number of pyridine rings is 1. The molecule has 3 aromatic rings. The fraction of sp³-hybridized carbons (Fsp3) is 0.0625. The molecule has 0 radical (unpaired) electrons. The molecule has 0 atom stereocenters. The lowest BCUT2D eigenvalue weighted by atomic mass is 10.2. The van der Waals surface area contributed by atoms with Crippen LogP contribution in [0.2, 0.25) is 0 Å². The first kappa shape index (κ1) is 12.5. The van der Waals surface area contributed by atoms with Crippen LogP contribution in [0.3, 0.4) is 0 Å². The van der Waals surface area contributed by atoms with Crippen molar-refractivity contribution < 1.29 is 0 Å². The van der Waals surface area contributed by atoms with E-state index >= 15 is 0 Å². The van der Waals surface area contributed by atoms with E-state index in [2.05, 4.69) is 47.4 Å². The predicted molar refractivity (Wildman–Crippen MR) is 85.1 cm³/mol. The molecule has 19 heavy (non-hydrogen) atoms. The number of fused-ring (bicyclic) bond motifs is 1. The van der Waals surface area contributed by atoms with E-state index in [1.165, 1.54) is 10.5 Å². The molecule has 1 heterocycles. The van der Waals surface area contributed by atoms with Crippen LogP contribution in [0.1, 0.15) is 5.56 Å². The number of hydrogen-bond donors (Lipinski definition) is 1. The molecule has 0 aliphatic heterocycles. The van der Waals surface area contributed by atoms with Gasteiger partial charge < -0.3 is 4.98 Å². The summed E-state index contributed by atoms with van der Waals surface area (Å²) in [6, 6.07) is 18.8. The van der Waals surface area contributed by atoms with Crippen molar-refractivity contribution in [2.24, 2.45) is 0 Å². The number of aromatic amines is 1. The average Bonchev–Trinajstić information content (AvgIpc) is 2.46. The van der Waals surface area contributed by atoms with Crippen LogP contribution in [-0.4, -0.2) is 4.98 Å². The lowest BCUT2D eigenvalue weighted by Crippen LogP contribution is -1.82. The van der Waals surface area contributed by atoms with E-state index in [0.29, 0.717) is 0 Å². The Balaban J connectivity index is 1.84. The maximum atomic E-state index is 5.31. The van der Waals surface area contributed by atoms with Crippen molar-refractivity contribution >= 4 is 34.9 Å². The summed E-state index contributed by atoms with van der Waals surface area (Å²) in [7, 11) is 0. The minimum atomic E-state index is 0.897. The lowest BCUT2D eigenvalue weighted by molar-refractivity contribution is 1.35. The van der Waals surface area contributed by atoms with E-state index in [1.54, 1.807) is 0 Å². The van der Waals surface area contributed by atoms with Gasteiger partial charge >= 0.3 is 0 Å². The molecule has 0 fully saturated rings. The van der Waals surface area contributed by atoms with Crippen LogP contribution in [0.5, 0.6) is 0 Å². The van der Waals surface area contributed by atoms with E-state index in [9.17, 15) is 0 Å². The number of benzene rings is 2. The minimum Gasteiger partial charge on any atom is -0.361 e. The summed E-state index contributed by atoms with van der Waals surface area (Å²) in [5.74, 6) is 0.986. The third kappa shape index (κ3) is 2.88. The zero-order valence-corrected chi connectivity index (χ0v) is 11.9. The fourth-order valence-electron chi connectivity index (χ4n) is 1.99. The van der Waals surface area contributed by atoms with Crippen LogP contribution >= 0.6 is 24.0 Å². The highest BCUT2D eigenvalue weighted by Gasteiger charge is 1.99. The third-order valence-corrected chi connectivity index (χ3v) is 4.40. The van der Waals surface area contributed by atoms with E-state index in [4.69, 9.17) is 12.2 Å². The molecule has 0 spiro atoms. The monoisotopic (exact) mass is 283 g/mol. The summed E-state index contributed by atoms with van der Waals surface area (Å²) in [6.45, 7) is 0. The molecular formula is C16H13NS2. The van der Waals surface area contributed by atoms with Crippen LogP contribution in [0, 0.1) is 4.51 Å². The third-order valence-electron chi connectivity index (χ3n) is 2.98. The van der Waals surface area contributed by atoms with Gasteiger partial charge in [-0.15, -0.1) is 11.8 Å². The first-order valence-electron chi connectivity index (χ1n) is 6.11. The second kappa shape index (κ2) is 5.59. The van der Waals surface area contributed by atoms with Crippen molar-refractivity contribution in [3.05, 3.63) is 70.9 Å².